The molecule has 96 valence electrons. The number of carboxylic acid groups (broad SMARTS) is 1. The Labute approximate surface area is 108 Å². The Kier molecular flexibility index (Phi) is 3.38. The minimum absolute atomic E-state index is 0.102. The van der Waals surface area contributed by atoms with Crippen LogP contribution in [0.1, 0.15) is 12.8 Å². The molecule has 1 aromatic rings. The maximum absolute atomic E-state index is 10.8. The third-order valence-corrected chi connectivity index (χ3v) is 3.05. The predicted molar refractivity (Wildman–Crippen MR) is 66.1 cm³/mol. The van der Waals surface area contributed by atoms with Crippen LogP contribution in [0.3, 0.4) is 0 Å². The predicted octanol–water partition coefficient (Wildman–Crippen LogP) is 2.30. The lowest BCUT2D eigenvalue weighted by Gasteiger charge is -2.23. The van der Waals surface area contributed by atoms with E-state index in [0.29, 0.717) is 5.69 Å². The van der Waals surface area contributed by atoms with Crippen molar-refractivity contribution in [3.05, 3.63) is 33.3 Å². The smallest absolute Gasteiger partial charge is 0.323 e. The molecule has 1 aliphatic carbocycles. The standard InChI is InChI=1S/C11H11ClN2O4/c12-9-5-8(14(17)18)3-4-10(9)13(6-11(15)16)7-1-2-7/h3-5,7H,1-2,6H2,(H,15,16). The summed E-state index contributed by atoms with van der Waals surface area (Å²) >= 11 is 5.98. The number of anilines is 1. The van der Waals surface area contributed by atoms with Gasteiger partial charge in [-0.1, -0.05) is 11.6 Å². The zero-order valence-electron chi connectivity index (χ0n) is 9.38. The minimum atomic E-state index is -0.948. The first-order valence-corrected chi connectivity index (χ1v) is 5.79. The normalized spacial score (nSPS) is 14.3. The highest BCUT2D eigenvalue weighted by molar-refractivity contribution is 6.33. The number of nitro groups is 1. The average Bonchev–Trinajstić information content (AvgIpc) is 3.09. The van der Waals surface area contributed by atoms with Gasteiger partial charge in [0.2, 0.25) is 0 Å². The van der Waals surface area contributed by atoms with Crippen LogP contribution in [0.25, 0.3) is 0 Å². The van der Waals surface area contributed by atoms with Crippen LogP contribution < -0.4 is 4.90 Å². The summed E-state index contributed by atoms with van der Waals surface area (Å²) < 4.78 is 0. The first kappa shape index (κ1) is 12.6. The highest BCUT2D eigenvalue weighted by atomic mass is 35.5. The Hall–Kier alpha value is -1.82. The van der Waals surface area contributed by atoms with Gasteiger partial charge in [-0.3, -0.25) is 14.9 Å². The number of aliphatic carboxylic acids is 1. The molecule has 0 aliphatic heterocycles. The van der Waals surface area contributed by atoms with Gasteiger partial charge in [-0.2, -0.15) is 0 Å². The molecule has 1 saturated carbocycles. The summed E-state index contributed by atoms with van der Waals surface area (Å²) in [5.74, 6) is -0.948. The Bertz CT molecular complexity index is 502. The van der Waals surface area contributed by atoms with Gasteiger partial charge in [0, 0.05) is 18.2 Å². The molecule has 0 radical (unpaired) electrons. The zero-order valence-corrected chi connectivity index (χ0v) is 10.1. The van der Waals surface area contributed by atoms with Crippen LogP contribution >= 0.6 is 11.6 Å². The van der Waals surface area contributed by atoms with Crippen molar-refractivity contribution in [3.8, 4) is 0 Å². The van der Waals surface area contributed by atoms with Gasteiger partial charge in [-0.15, -0.1) is 0 Å². The summed E-state index contributed by atoms with van der Waals surface area (Å²) in [6.45, 7) is -0.151. The summed E-state index contributed by atoms with van der Waals surface area (Å²) in [5.41, 5.74) is 0.432. The van der Waals surface area contributed by atoms with Gasteiger partial charge in [-0.05, 0) is 18.9 Å². The van der Waals surface area contributed by atoms with E-state index in [0.717, 1.165) is 12.8 Å². The SMILES string of the molecule is O=C(O)CN(c1ccc([N+](=O)[O-])cc1Cl)C1CC1. The molecule has 0 unspecified atom stereocenters. The van der Waals surface area contributed by atoms with Crippen molar-refractivity contribution >= 4 is 28.9 Å². The molecule has 0 heterocycles. The van der Waals surface area contributed by atoms with Crippen LogP contribution in [0.15, 0.2) is 18.2 Å². The van der Waals surface area contributed by atoms with Gasteiger partial charge in [0.1, 0.15) is 6.54 Å². The molecule has 7 heteroatoms. The molecule has 0 aromatic heterocycles. The Morgan fingerprint density at radius 3 is 2.67 bits per heavy atom. The van der Waals surface area contributed by atoms with Gasteiger partial charge >= 0.3 is 5.97 Å². The van der Waals surface area contributed by atoms with Gasteiger partial charge in [0.15, 0.2) is 0 Å². The Morgan fingerprint density at radius 1 is 1.56 bits per heavy atom. The lowest BCUT2D eigenvalue weighted by Crippen LogP contribution is -2.31. The van der Waals surface area contributed by atoms with Gasteiger partial charge in [0.05, 0.1) is 15.6 Å². The molecular weight excluding hydrogens is 260 g/mol. The topological polar surface area (TPSA) is 83.7 Å². The molecule has 6 nitrogen and oxygen atoms in total. The zero-order chi connectivity index (χ0) is 13.3. The minimum Gasteiger partial charge on any atom is -0.480 e. The lowest BCUT2D eigenvalue weighted by atomic mass is 10.2. The van der Waals surface area contributed by atoms with Gasteiger partial charge < -0.3 is 10.0 Å². The van der Waals surface area contributed by atoms with Gasteiger partial charge in [-0.25, -0.2) is 0 Å². The number of non-ortho nitro benzene ring substituents is 1. The van der Waals surface area contributed by atoms with Crippen molar-refractivity contribution in [2.45, 2.75) is 18.9 Å². The number of carboxylic acids is 1. The molecule has 1 aromatic carbocycles. The fourth-order valence-corrected chi connectivity index (χ4v) is 2.07. The van der Waals surface area contributed by atoms with Crippen LogP contribution in [0.5, 0.6) is 0 Å². The van der Waals surface area contributed by atoms with Crippen LogP contribution in [-0.4, -0.2) is 28.6 Å². The molecule has 0 spiro atoms. The van der Waals surface area contributed by atoms with E-state index in [-0.39, 0.29) is 23.3 Å². The molecule has 0 saturated heterocycles. The maximum atomic E-state index is 10.8. The van der Waals surface area contributed by atoms with Crippen LogP contribution in [0, 0.1) is 10.1 Å². The van der Waals surface area contributed by atoms with Crippen molar-refractivity contribution < 1.29 is 14.8 Å². The lowest BCUT2D eigenvalue weighted by molar-refractivity contribution is -0.384. The summed E-state index contributed by atoms with van der Waals surface area (Å²) in [4.78, 5) is 22.5. The number of nitrogens with zero attached hydrogens (tertiary/aromatic N) is 2. The molecule has 0 amide bonds. The Morgan fingerprint density at radius 2 is 2.22 bits per heavy atom. The van der Waals surface area contributed by atoms with E-state index in [1.807, 2.05) is 0 Å². The average molecular weight is 271 g/mol. The molecule has 1 fully saturated rings. The second-order valence-electron chi connectivity index (χ2n) is 4.15. The van der Waals surface area contributed by atoms with E-state index >= 15 is 0 Å². The van der Waals surface area contributed by atoms with Gasteiger partial charge in [0.25, 0.3) is 5.69 Å². The van der Waals surface area contributed by atoms with E-state index in [9.17, 15) is 14.9 Å². The quantitative estimate of drug-likeness (QED) is 0.655. The third-order valence-electron chi connectivity index (χ3n) is 2.74. The largest absolute Gasteiger partial charge is 0.480 e. The number of benzene rings is 1. The molecule has 2 rings (SSSR count). The number of hydrogen-bond donors (Lipinski definition) is 1. The number of rotatable bonds is 5. The summed E-state index contributed by atoms with van der Waals surface area (Å²) in [6.07, 6.45) is 1.83. The van der Waals surface area contributed by atoms with E-state index in [1.165, 1.54) is 18.2 Å². The van der Waals surface area contributed by atoms with E-state index in [2.05, 4.69) is 0 Å². The third kappa shape index (κ3) is 2.70. The molecule has 1 N–H and O–H groups in total. The second-order valence-corrected chi connectivity index (χ2v) is 4.55. The summed E-state index contributed by atoms with van der Waals surface area (Å²) in [5, 5.41) is 19.7. The van der Waals surface area contributed by atoms with Crippen LogP contribution in [0.4, 0.5) is 11.4 Å². The summed E-state index contributed by atoms with van der Waals surface area (Å²) in [7, 11) is 0. The number of hydrogen-bond acceptors (Lipinski definition) is 4. The van der Waals surface area contributed by atoms with E-state index in [1.54, 1.807) is 4.90 Å². The van der Waals surface area contributed by atoms with E-state index in [4.69, 9.17) is 16.7 Å². The monoisotopic (exact) mass is 270 g/mol. The number of halogens is 1. The second kappa shape index (κ2) is 4.81. The first-order valence-electron chi connectivity index (χ1n) is 5.41. The number of carbonyl (C=O) groups is 1. The molecule has 0 atom stereocenters. The fourth-order valence-electron chi connectivity index (χ4n) is 1.79. The highest BCUT2D eigenvalue weighted by Gasteiger charge is 2.32. The Balaban J connectivity index is 2.30. The van der Waals surface area contributed by atoms with Crippen LogP contribution in [-0.2, 0) is 4.79 Å². The molecular formula is C11H11ClN2O4. The van der Waals surface area contributed by atoms with Crippen molar-refractivity contribution in [2.24, 2.45) is 0 Å². The van der Waals surface area contributed by atoms with Crippen molar-refractivity contribution in [2.75, 3.05) is 11.4 Å². The van der Waals surface area contributed by atoms with Crippen LogP contribution in [0.2, 0.25) is 5.02 Å². The van der Waals surface area contributed by atoms with Crippen molar-refractivity contribution in [3.63, 3.8) is 0 Å². The highest BCUT2D eigenvalue weighted by Crippen LogP contribution is 2.36. The van der Waals surface area contributed by atoms with E-state index < -0.39 is 10.9 Å². The first-order chi connectivity index (χ1) is 8.49. The molecule has 18 heavy (non-hydrogen) atoms. The molecule has 1 aliphatic rings. The fraction of sp³-hybridized carbons (Fsp3) is 0.364. The maximum Gasteiger partial charge on any atom is 0.323 e. The summed E-state index contributed by atoms with van der Waals surface area (Å²) in [6, 6.07) is 4.24. The molecule has 0 bridgehead atoms. The number of nitro benzene ring substituents is 1. The van der Waals surface area contributed by atoms with Crippen molar-refractivity contribution in [1.29, 1.82) is 0 Å². The van der Waals surface area contributed by atoms with Crippen molar-refractivity contribution in [1.82, 2.24) is 0 Å².